The van der Waals surface area contributed by atoms with Gasteiger partial charge in [0.05, 0.1) is 0 Å². The number of hydrogen-bond donors (Lipinski definition) is 0. The van der Waals surface area contributed by atoms with Crippen LogP contribution in [0.2, 0.25) is 0 Å². The zero-order chi connectivity index (χ0) is 40.0. The van der Waals surface area contributed by atoms with Crippen LogP contribution in [0.15, 0.2) is 132 Å². The van der Waals surface area contributed by atoms with Crippen LogP contribution in [0, 0.1) is 31.3 Å². The molecule has 0 fully saturated rings. The van der Waals surface area contributed by atoms with E-state index < -0.39 is 25.5 Å². The fourth-order valence-electron chi connectivity index (χ4n) is 5.81. The third-order valence-electron chi connectivity index (χ3n) is 7.93. The van der Waals surface area contributed by atoms with Gasteiger partial charge in [-0.25, -0.2) is 0 Å². The first kappa shape index (κ1) is 25.1. The topological polar surface area (TPSA) is 38.9 Å². The third kappa shape index (κ3) is 7.57. The molecule has 4 heteroatoms. The quantitative estimate of drug-likeness (QED) is 0.166. The molecule has 245 valence electrons. The van der Waals surface area contributed by atoms with E-state index in [9.17, 15) is 0 Å². The minimum atomic E-state index is -2.18. The van der Waals surface area contributed by atoms with Gasteiger partial charge in [0.1, 0.15) is 11.2 Å². The standard InChI is InChI=1S/C32H26NO.C13H12N.Ir/c1-32(2,3)20-21-17-18-33-28(19-21)23-13-11-22(12-14-23)24-8-6-9-26-25(24)15-16-30-31(26)27-7-4-5-10-29(27)34-30;1-10-3-6-12(7-4-10)13-8-5-11(2)9-14-13;/h4-13,15-19H,20H2,1-3H3;3-6,8-9H,1-2H3;/q2*-1;/i20D2;1D3,2D3;. The minimum Gasteiger partial charge on any atom is -0.456 e. The summed E-state index contributed by atoms with van der Waals surface area (Å²) in [5, 5.41) is 4.59. The van der Waals surface area contributed by atoms with E-state index in [-0.39, 0.29) is 31.2 Å². The molecule has 5 aromatic carbocycles. The van der Waals surface area contributed by atoms with E-state index in [1.165, 1.54) is 24.4 Å². The number of nitrogens with zero attached hydrogens (tertiary/aromatic N) is 2. The van der Waals surface area contributed by atoms with Gasteiger partial charge in [-0.2, -0.15) is 0 Å². The van der Waals surface area contributed by atoms with Gasteiger partial charge in [0.15, 0.2) is 0 Å². The summed E-state index contributed by atoms with van der Waals surface area (Å²) in [6, 6.07) is 42.3. The Kier molecular flexibility index (Phi) is 7.34. The van der Waals surface area contributed by atoms with Crippen molar-refractivity contribution >= 4 is 32.7 Å². The van der Waals surface area contributed by atoms with Crippen LogP contribution < -0.4 is 0 Å². The summed E-state index contributed by atoms with van der Waals surface area (Å²) in [5.41, 5.74) is 7.20. The SMILES string of the molecule is [2H]C([2H])([2H])c1c[c-]c(-c2ccc(C([2H])([2H])[2H])cn2)cc1.[2H]C([2H])(c1ccnc(-c2[c-]cc(-c3cccc4c3ccc3oc5ccccc5c34)cc2)c1)C(C)(C)C.[Ir]. The number of benzene rings is 5. The smallest absolute Gasteiger partial charge is 0.136 e. The molecule has 3 nitrogen and oxygen atoms in total. The van der Waals surface area contributed by atoms with Crippen LogP contribution in [0.5, 0.6) is 0 Å². The molecule has 8 rings (SSSR count). The van der Waals surface area contributed by atoms with Gasteiger partial charge in [-0.1, -0.05) is 105 Å². The van der Waals surface area contributed by atoms with E-state index in [2.05, 4.69) is 64.6 Å². The Hall–Kier alpha value is -4.89. The van der Waals surface area contributed by atoms with Crippen LogP contribution in [0.1, 0.15) is 48.4 Å². The van der Waals surface area contributed by atoms with Crippen molar-refractivity contribution < 1.29 is 35.5 Å². The predicted molar refractivity (Wildman–Crippen MR) is 200 cm³/mol. The average molecular weight is 823 g/mol. The number of rotatable bonds is 4. The number of para-hydroxylation sites is 1. The number of aryl methyl sites for hydroxylation is 2. The van der Waals surface area contributed by atoms with Crippen molar-refractivity contribution in [1.82, 2.24) is 9.97 Å². The van der Waals surface area contributed by atoms with Crippen LogP contribution in [-0.2, 0) is 26.5 Å². The molecule has 0 aliphatic rings. The Labute approximate surface area is 313 Å². The monoisotopic (exact) mass is 823 g/mol. The van der Waals surface area contributed by atoms with E-state index in [1.54, 1.807) is 24.4 Å². The van der Waals surface area contributed by atoms with Crippen molar-refractivity contribution in [2.45, 2.75) is 40.8 Å². The first-order valence-corrected chi connectivity index (χ1v) is 15.7. The maximum atomic E-state index is 8.62. The van der Waals surface area contributed by atoms with E-state index in [4.69, 9.17) is 15.4 Å². The number of fused-ring (bicyclic) bond motifs is 5. The summed E-state index contributed by atoms with van der Waals surface area (Å²) < 4.78 is 67.0. The summed E-state index contributed by atoms with van der Waals surface area (Å²) in [7, 11) is 0. The molecule has 3 aromatic heterocycles. The van der Waals surface area contributed by atoms with Crippen LogP contribution in [0.25, 0.3) is 66.4 Å². The van der Waals surface area contributed by atoms with Gasteiger partial charge in [-0.05, 0) is 64.6 Å². The van der Waals surface area contributed by atoms with Crippen molar-refractivity contribution in [1.29, 1.82) is 0 Å². The molecule has 0 bridgehead atoms. The molecular weight excluding hydrogens is 777 g/mol. The summed E-state index contributed by atoms with van der Waals surface area (Å²) >= 11 is 0. The van der Waals surface area contributed by atoms with Gasteiger partial charge in [-0.15, -0.1) is 65.2 Å². The maximum Gasteiger partial charge on any atom is 0.136 e. The summed E-state index contributed by atoms with van der Waals surface area (Å²) in [4.78, 5) is 8.58. The fourth-order valence-corrected chi connectivity index (χ4v) is 5.81. The Morgan fingerprint density at radius 2 is 1.47 bits per heavy atom. The molecule has 0 atom stereocenters. The molecule has 0 aliphatic heterocycles. The molecule has 0 unspecified atom stereocenters. The predicted octanol–water partition coefficient (Wildman–Crippen LogP) is 12.0. The maximum absolute atomic E-state index is 8.62. The zero-order valence-electron chi connectivity index (χ0n) is 35.3. The van der Waals surface area contributed by atoms with Gasteiger partial charge in [-0.3, -0.25) is 0 Å². The molecule has 49 heavy (non-hydrogen) atoms. The summed E-state index contributed by atoms with van der Waals surface area (Å²) in [6.45, 7) is 1.41. The van der Waals surface area contributed by atoms with Crippen LogP contribution in [-0.4, -0.2) is 9.97 Å². The Bertz CT molecular complexity index is 2610. The van der Waals surface area contributed by atoms with Gasteiger partial charge >= 0.3 is 0 Å². The van der Waals surface area contributed by atoms with Gasteiger partial charge in [0.25, 0.3) is 0 Å². The van der Waals surface area contributed by atoms with E-state index in [1.807, 2.05) is 57.2 Å². The first-order valence-electron chi connectivity index (χ1n) is 19.7. The summed E-state index contributed by atoms with van der Waals surface area (Å²) in [6.07, 6.45) is 1.51. The largest absolute Gasteiger partial charge is 0.456 e. The molecular formula is C45H38IrN2O-2. The van der Waals surface area contributed by atoms with E-state index >= 15 is 0 Å². The van der Waals surface area contributed by atoms with E-state index in [0.29, 0.717) is 16.8 Å². The molecule has 0 amide bonds. The summed E-state index contributed by atoms with van der Waals surface area (Å²) in [5.74, 6) is 0. The first-order chi connectivity index (χ1) is 26.4. The Balaban J connectivity index is 0.000000223. The normalized spacial score (nSPS) is 14.5. The molecule has 0 saturated carbocycles. The Morgan fingerprint density at radius 1 is 0.694 bits per heavy atom. The average Bonchev–Trinajstić information content (AvgIpc) is 3.56. The van der Waals surface area contributed by atoms with Gasteiger partial charge < -0.3 is 14.4 Å². The fraction of sp³-hybridized carbons (Fsp3) is 0.156. The van der Waals surface area contributed by atoms with Crippen molar-refractivity contribution in [3.8, 4) is 33.6 Å². The molecule has 1 radical (unpaired) electrons. The molecule has 0 spiro atoms. The number of aromatic nitrogens is 2. The van der Waals surface area contributed by atoms with Crippen molar-refractivity contribution in [3.05, 3.63) is 156 Å². The second kappa shape index (κ2) is 14.3. The van der Waals surface area contributed by atoms with Crippen molar-refractivity contribution in [2.24, 2.45) is 5.41 Å². The molecule has 0 aliphatic carbocycles. The number of hydrogen-bond acceptors (Lipinski definition) is 3. The molecule has 8 aromatic rings. The molecule has 0 N–H and O–H groups in total. The van der Waals surface area contributed by atoms with E-state index in [0.717, 1.165) is 55.1 Å². The van der Waals surface area contributed by atoms with Gasteiger partial charge in [0, 0.05) is 54.2 Å². The van der Waals surface area contributed by atoms with Crippen LogP contribution in [0.3, 0.4) is 0 Å². The second-order valence-electron chi connectivity index (χ2n) is 12.7. The second-order valence-corrected chi connectivity index (χ2v) is 12.7. The molecule has 3 heterocycles. The van der Waals surface area contributed by atoms with Crippen LogP contribution >= 0.6 is 0 Å². The zero-order valence-corrected chi connectivity index (χ0v) is 29.7. The molecule has 0 saturated heterocycles. The Morgan fingerprint density at radius 3 is 2.20 bits per heavy atom. The van der Waals surface area contributed by atoms with Crippen LogP contribution in [0.4, 0.5) is 0 Å². The van der Waals surface area contributed by atoms with Crippen molar-refractivity contribution in [2.75, 3.05) is 0 Å². The van der Waals surface area contributed by atoms with Gasteiger partial charge in [0.2, 0.25) is 0 Å². The number of furan rings is 1. The van der Waals surface area contributed by atoms with Crippen molar-refractivity contribution in [3.63, 3.8) is 0 Å². The minimum absolute atomic E-state index is 0. The third-order valence-corrected chi connectivity index (χ3v) is 7.93. The number of pyridine rings is 2.